The molecular weight excluding hydrogens is 430 g/mol. The number of rotatable bonds is 8. The van der Waals surface area contributed by atoms with Crippen molar-refractivity contribution >= 4 is 21.8 Å². The molecule has 0 N–H and O–H groups in total. The highest BCUT2D eigenvalue weighted by molar-refractivity contribution is 8.01. The summed E-state index contributed by atoms with van der Waals surface area (Å²) >= 11 is 1.63. The Morgan fingerprint density at radius 2 is 1.55 bits per heavy atom. The molecular formula is C24H25NO4S2. The van der Waals surface area contributed by atoms with Gasteiger partial charge >= 0.3 is 0 Å². The van der Waals surface area contributed by atoms with Crippen LogP contribution in [0.5, 0.6) is 11.5 Å². The second-order valence-corrected chi connectivity index (χ2v) is 10.2. The summed E-state index contributed by atoms with van der Waals surface area (Å²) in [7, 11) is -3.60. The van der Waals surface area contributed by atoms with Crippen molar-refractivity contribution in [2.45, 2.75) is 23.8 Å². The van der Waals surface area contributed by atoms with E-state index in [0.717, 1.165) is 22.6 Å². The first-order valence-corrected chi connectivity index (χ1v) is 12.7. The quantitative estimate of drug-likeness (QED) is 0.473. The van der Waals surface area contributed by atoms with E-state index in [-0.39, 0.29) is 10.3 Å². The molecule has 1 aliphatic heterocycles. The summed E-state index contributed by atoms with van der Waals surface area (Å²) in [6.45, 7) is 3.42. The van der Waals surface area contributed by atoms with Crippen molar-refractivity contribution in [3.63, 3.8) is 0 Å². The number of ether oxygens (including phenoxy) is 2. The molecule has 1 saturated heterocycles. The summed E-state index contributed by atoms with van der Waals surface area (Å²) in [6, 6.07) is 24.3. The summed E-state index contributed by atoms with van der Waals surface area (Å²) in [4.78, 5) is 0.284. The Hall–Kier alpha value is -2.48. The van der Waals surface area contributed by atoms with Crippen molar-refractivity contribution in [3.8, 4) is 11.5 Å². The highest BCUT2D eigenvalue weighted by Crippen LogP contribution is 2.41. The monoisotopic (exact) mass is 455 g/mol. The van der Waals surface area contributed by atoms with E-state index in [0.29, 0.717) is 25.5 Å². The van der Waals surface area contributed by atoms with Gasteiger partial charge in [0.05, 0.1) is 16.9 Å². The molecule has 1 fully saturated rings. The Morgan fingerprint density at radius 1 is 0.903 bits per heavy atom. The fourth-order valence-corrected chi connectivity index (χ4v) is 6.68. The van der Waals surface area contributed by atoms with Gasteiger partial charge < -0.3 is 9.47 Å². The normalized spacial score (nSPS) is 16.9. The van der Waals surface area contributed by atoms with Gasteiger partial charge in [-0.25, -0.2) is 8.42 Å². The van der Waals surface area contributed by atoms with E-state index < -0.39 is 10.0 Å². The third-order valence-corrected chi connectivity index (χ3v) is 8.28. The molecule has 5 nitrogen and oxygen atoms in total. The van der Waals surface area contributed by atoms with Gasteiger partial charge in [-0.05, 0) is 54.4 Å². The molecule has 0 radical (unpaired) electrons. The SMILES string of the molecule is CCOc1ccc(S(=O)(=O)N2CCSC2c2ccc(OCc3ccccc3)cc2)cc1. The standard InChI is InChI=1S/C24H25NO4S2/c1-2-28-21-12-14-23(15-13-21)31(26,27)25-16-17-30-24(25)20-8-10-22(11-9-20)29-18-19-6-4-3-5-7-19/h3-15,24H,2,16-18H2,1H3. The lowest BCUT2D eigenvalue weighted by atomic mass is 10.2. The van der Waals surface area contributed by atoms with E-state index in [2.05, 4.69) is 0 Å². The molecule has 0 spiro atoms. The van der Waals surface area contributed by atoms with Gasteiger partial charge in [-0.15, -0.1) is 11.8 Å². The maximum absolute atomic E-state index is 13.3. The van der Waals surface area contributed by atoms with Crippen molar-refractivity contribution in [1.29, 1.82) is 0 Å². The van der Waals surface area contributed by atoms with Crippen LogP contribution in [0.3, 0.4) is 0 Å². The second-order valence-electron chi connectivity index (χ2n) is 7.09. The van der Waals surface area contributed by atoms with Crippen LogP contribution in [0.15, 0.2) is 83.8 Å². The van der Waals surface area contributed by atoms with E-state index in [1.54, 1.807) is 40.3 Å². The summed E-state index contributed by atoms with van der Waals surface area (Å²) in [5.41, 5.74) is 2.05. The topological polar surface area (TPSA) is 55.8 Å². The van der Waals surface area contributed by atoms with Gasteiger partial charge in [0.1, 0.15) is 18.1 Å². The largest absolute Gasteiger partial charge is 0.494 e. The maximum Gasteiger partial charge on any atom is 0.244 e. The molecule has 7 heteroatoms. The number of nitrogens with zero attached hydrogens (tertiary/aromatic N) is 1. The molecule has 1 aliphatic rings. The fraction of sp³-hybridized carbons (Fsp3) is 0.250. The van der Waals surface area contributed by atoms with Gasteiger partial charge in [0, 0.05) is 12.3 Å². The maximum atomic E-state index is 13.3. The first kappa shape index (κ1) is 21.7. The third-order valence-electron chi connectivity index (χ3n) is 5.00. The minimum atomic E-state index is -3.60. The van der Waals surface area contributed by atoms with Gasteiger partial charge in [0.25, 0.3) is 0 Å². The van der Waals surface area contributed by atoms with Crippen LogP contribution in [-0.4, -0.2) is 31.6 Å². The van der Waals surface area contributed by atoms with E-state index in [1.807, 2.05) is 61.5 Å². The zero-order valence-corrected chi connectivity index (χ0v) is 18.9. The zero-order chi connectivity index (χ0) is 21.7. The predicted octanol–water partition coefficient (Wildman–Crippen LogP) is 5.10. The van der Waals surface area contributed by atoms with E-state index in [1.165, 1.54) is 0 Å². The molecule has 1 unspecified atom stereocenters. The highest BCUT2D eigenvalue weighted by atomic mass is 32.2. The third kappa shape index (κ3) is 5.06. The van der Waals surface area contributed by atoms with E-state index >= 15 is 0 Å². The van der Waals surface area contributed by atoms with E-state index in [4.69, 9.17) is 9.47 Å². The Kier molecular flexibility index (Phi) is 6.85. The van der Waals surface area contributed by atoms with Crippen molar-refractivity contribution in [2.75, 3.05) is 18.9 Å². The molecule has 1 heterocycles. The Bertz CT molecular complexity index is 1080. The Morgan fingerprint density at radius 3 is 2.23 bits per heavy atom. The molecule has 3 aromatic rings. The van der Waals surface area contributed by atoms with Crippen LogP contribution in [0, 0.1) is 0 Å². The summed E-state index contributed by atoms with van der Waals surface area (Å²) in [5.74, 6) is 2.18. The summed E-state index contributed by atoms with van der Waals surface area (Å²) in [5, 5.41) is -0.250. The molecule has 0 aromatic heterocycles. The van der Waals surface area contributed by atoms with Crippen LogP contribution in [-0.2, 0) is 16.6 Å². The van der Waals surface area contributed by atoms with Crippen molar-refractivity contribution in [2.24, 2.45) is 0 Å². The van der Waals surface area contributed by atoms with Gasteiger partial charge in [-0.1, -0.05) is 42.5 Å². The van der Waals surface area contributed by atoms with E-state index in [9.17, 15) is 8.42 Å². The molecule has 162 valence electrons. The smallest absolute Gasteiger partial charge is 0.244 e. The predicted molar refractivity (Wildman–Crippen MR) is 124 cm³/mol. The first-order valence-electron chi connectivity index (χ1n) is 10.2. The Labute approximate surface area is 188 Å². The minimum absolute atomic E-state index is 0.250. The molecule has 31 heavy (non-hydrogen) atoms. The molecule has 0 bridgehead atoms. The molecule has 4 rings (SSSR count). The average molecular weight is 456 g/mol. The van der Waals surface area contributed by atoms with Crippen molar-refractivity contribution in [3.05, 3.63) is 90.0 Å². The van der Waals surface area contributed by atoms with Gasteiger partial charge in [-0.2, -0.15) is 4.31 Å². The second kappa shape index (κ2) is 9.77. The van der Waals surface area contributed by atoms with Crippen LogP contribution >= 0.6 is 11.8 Å². The van der Waals surface area contributed by atoms with Crippen molar-refractivity contribution in [1.82, 2.24) is 4.31 Å². The summed E-state index contributed by atoms with van der Waals surface area (Å²) in [6.07, 6.45) is 0. The van der Waals surface area contributed by atoms with Crippen LogP contribution in [0.2, 0.25) is 0 Å². The number of benzene rings is 3. The van der Waals surface area contributed by atoms with Gasteiger partial charge in [0.2, 0.25) is 10.0 Å². The lowest BCUT2D eigenvalue weighted by Crippen LogP contribution is -2.30. The van der Waals surface area contributed by atoms with Gasteiger partial charge in [0.15, 0.2) is 0 Å². The average Bonchev–Trinajstić information content (AvgIpc) is 3.30. The highest BCUT2D eigenvalue weighted by Gasteiger charge is 2.36. The molecule has 1 atom stereocenters. The minimum Gasteiger partial charge on any atom is -0.494 e. The molecule has 0 aliphatic carbocycles. The summed E-state index contributed by atoms with van der Waals surface area (Å²) < 4.78 is 39.4. The molecule has 0 saturated carbocycles. The van der Waals surface area contributed by atoms with Crippen molar-refractivity contribution < 1.29 is 17.9 Å². The number of sulfonamides is 1. The molecule has 3 aromatic carbocycles. The van der Waals surface area contributed by atoms with Gasteiger partial charge in [-0.3, -0.25) is 0 Å². The number of thioether (sulfide) groups is 1. The van der Waals surface area contributed by atoms with Crippen LogP contribution in [0.4, 0.5) is 0 Å². The van der Waals surface area contributed by atoms with Crippen LogP contribution < -0.4 is 9.47 Å². The van der Waals surface area contributed by atoms with Crippen LogP contribution in [0.1, 0.15) is 23.4 Å². The zero-order valence-electron chi connectivity index (χ0n) is 17.3. The lowest BCUT2D eigenvalue weighted by Gasteiger charge is -2.24. The fourth-order valence-electron chi connectivity index (χ4n) is 3.44. The molecule has 0 amide bonds. The Balaban J connectivity index is 1.47. The first-order chi connectivity index (χ1) is 15.1. The van der Waals surface area contributed by atoms with Crippen LogP contribution in [0.25, 0.3) is 0 Å². The number of hydrogen-bond acceptors (Lipinski definition) is 5. The lowest BCUT2D eigenvalue weighted by molar-refractivity contribution is 0.306. The number of hydrogen-bond donors (Lipinski definition) is 0.